The van der Waals surface area contributed by atoms with Crippen LogP contribution in [0.15, 0.2) is 41.0 Å². The highest BCUT2D eigenvalue weighted by Crippen LogP contribution is 2.30. The van der Waals surface area contributed by atoms with Crippen LogP contribution < -0.4 is 9.47 Å². The second-order valence-corrected chi connectivity index (χ2v) is 7.89. The van der Waals surface area contributed by atoms with Crippen LogP contribution in [0.1, 0.15) is 48.9 Å². The Labute approximate surface area is 178 Å². The summed E-state index contributed by atoms with van der Waals surface area (Å²) in [4.78, 5) is 14.9. The minimum absolute atomic E-state index is 0.0710. The van der Waals surface area contributed by atoms with Gasteiger partial charge in [-0.2, -0.15) is 0 Å². The molecule has 0 atom stereocenters. The number of methoxy groups -OCH3 is 2. The number of ether oxygens (including phenoxy) is 2. The summed E-state index contributed by atoms with van der Waals surface area (Å²) in [6, 6.07) is 9.99. The Morgan fingerprint density at radius 3 is 2.47 bits per heavy atom. The summed E-state index contributed by atoms with van der Waals surface area (Å²) in [6.45, 7) is 9.60. The van der Waals surface area contributed by atoms with Crippen LogP contribution in [0.5, 0.6) is 11.5 Å². The number of amides is 1. The van der Waals surface area contributed by atoms with Gasteiger partial charge in [-0.1, -0.05) is 19.9 Å². The summed E-state index contributed by atoms with van der Waals surface area (Å²) in [7, 11) is 3.22. The van der Waals surface area contributed by atoms with Gasteiger partial charge in [0.1, 0.15) is 5.58 Å². The third-order valence-corrected chi connectivity index (χ3v) is 5.56. The fourth-order valence-electron chi connectivity index (χ4n) is 3.85. The molecule has 0 aliphatic heterocycles. The van der Waals surface area contributed by atoms with E-state index in [0.29, 0.717) is 36.9 Å². The molecule has 0 saturated carbocycles. The largest absolute Gasteiger partial charge is 0.493 e. The average molecular weight is 410 g/mol. The second-order valence-electron chi connectivity index (χ2n) is 7.89. The van der Waals surface area contributed by atoms with Crippen molar-refractivity contribution in [2.75, 3.05) is 20.8 Å². The number of likely N-dealkylation sites (N-methyl/N-ethyl adjacent to an activating group) is 1. The molecule has 1 aromatic heterocycles. The van der Waals surface area contributed by atoms with Crippen molar-refractivity contribution in [2.45, 2.75) is 46.6 Å². The summed E-state index contributed by atoms with van der Waals surface area (Å²) in [5, 5.41) is 1.03. The molecule has 1 amide bonds. The van der Waals surface area contributed by atoms with Crippen molar-refractivity contribution in [3.05, 3.63) is 58.8 Å². The first-order chi connectivity index (χ1) is 14.4. The third kappa shape index (κ3) is 4.45. The Morgan fingerprint density at radius 2 is 1.83 bits per heavy atom. The molecule has 0 saturated heterocycles. The number of aryl methyl sites for hydroxylation is 1. The zero-order valence-electron chi connectivity index (χ0n) is 18.7. The predicted molar refractivity (Wildman–Crippen MR) is 119 cm³/mol. The number of fused-ring (bicyclic) bond motifs is 1. The van der Waals surface area contributed by atoms with E-state index in [9.17, 15) is 4.79 Å². The van der Waals surface area contributed by atoms with Gasteiger partial charge in [-0.05, 0) is 60.7 Å². The predicted octanol–water partition coefficient (Wildman–Crippen LogP) is 5.47. The van der Waals surface area contributed by atoms with Gasteiger partial charge < -0.3 is 18.8 Å². The van der Waals surface area contributed by atoms with Gasteiger partial charge in [0.05, 0.1) is 26.9 Å². The van der Waals surface area contributed by atoms with Crippen molar-refractivity contribution in [3.8, 4) is 11.5 Å². The van der Waals surface area contributed by atoms with E-state index in [1.807, 2.05) is 30.0 Å². The fraction of sp³-hybridized carbons (Fsp3) is 0.400. The van der Waals surface area contributed by atoms with E-state index in [4.69, 9.17) is 13.9 Å². The quantitative estimate of drug-likeness (QED) is 0.495. The van der Waals surface area contributed by atoms with Gasteiger partial charge in [-0.25, -0.2) is 0 Å². The standard InChI is InChI=1S/C25H31NO4/c1-7-26(14-18-8-9-22(28-5)24(11-18)29-6)25(27)12-19-15-30-23-10-17(4)20(16(2)3)13-21(19)23/h8-11,13,15-16H,7,12,14H2,1-6H3. The van der Waals surface area contributed by atoms with Gasteiger partial charge in [0.2, 0.25) is 5.91 Å². The van der Waals surface area contributed by atoms with Gasteiger partial charge in [0, 0.05) is 24.0 Å². The van der Waals surface area contributed by atoms with E-state index in [1.165, 1.54) is 11.1 Å². The lowest BCUT2D eigenvalue weighted by atomic mass is 9.95. The number of furan rings is 1. The summed E-state index contributed by atoms with van der Waals surface area (Å²) in [5.41, 5.74) is 5.27. The monoisotopic (exact) mass is 409 g/mol. The highest BCUT2D eigenvalue weighted by atomic mass is 16.5. The van der Waals surface area contributed by atoms with Gasteiger partial charge in [-0.3, -0.25) is 4.79 Å². The summed E-state index contributed by atoms with van der Waals surface area (Å²) >= 11 is 0. The molecular formula is C25H31NO4. The highest BCUT2D eigenvalue weighted by Gasteiger charge is 2.18. The second kappa shape index (κ2) is 9.24. The molecular weight excluding hydrogens is 378 g/mol. The molecule has 0 aliphatic carbocycles. The first-order valence-corrected chi connectivity index (χ1v) is 10.4. The summed E-state index contributed by atoms with van der Waals surface area (Å²) in [5.74, 6) is 1.83. The maximum absolute atomic E-state index is 13.1. The number of hydrogen-bond donors (Lipinski definition) is 0. The van der Waals surface area contributed by atoms with Crippen molar-refractivity contribution in [1.82, 2.24) is 4.90 Å². The van der Waals surface area contributed by atoms with Crippen LogP contribution in [0.3, 0.4) is 0 Å². The molecule has 0 spiro atoms. The Kier molecular flexibility index (Phi) is 6.70. The number of nitrogens with zero attached hydrogens (tertiary/aromatic N) is 1. The van der Waals surface area contributed by atoms with Crippen LogP contribution in [0.4, 0.5) is 0 Å². The van der Waals surface area contributed by atoms with Gasteiger partial charge in [-0.15, -0.1) is 0 Å². The van der Waals surface area contributed by atoms with Gasteiger partial charge >= 0.3 is 0 Å². The molecule has 0 unspecified atom stereocenters. The fourth-order valence-corrected chi connectivity index (χ4v) is 3.85. The Morgan fingerprint density at radius 1 is 1.10 bits per heavy atom. The van der Waals surface area contributed by atoms with Crippen molar-refractivity contribution in [1.29, 1.82) is 0 Å². The molecule has 30 heavy (non-hydrogen) atoms. The van der Waals surface area contributed by atoms with E-state index in [2.05, 4.69) is 32.9 Å². The molecule has 3 rings (SSSR count). The molecule has 0 fully saturated rings. The van der Waals surface area contributed by atoms with Gasteiger partial charge in [0.25, 0.3) is 0 Å². The lowest BCUT2D eigenvalue weighted by Gasteiger charge is -2.21. The van der Waals surface area contributed by atoms with Crippen LogP contribution in [-0.2, 0) is 17.8 Å². The maximum atomic E-state index is 13.1. The van der Waals surface area contributed by atoms with Crippen LogP contribution in [-0.4, -0.2) is 31.6 Å². The van der Waals surface area contributed by atoms with Crippen LogP contribution in [0.25, 0.3) is 11.0 Å². The normalized spacial score (nSPS) is 11.2. The number of carbonyl (C=O) groups is 1. The smallest absolute Gasteiger partial charge is 0.227 e. The van der Waals surface area contributed by atoms with Crippen molar-refractivity contribution in [2.24, 2.45) is 0 Å². The third-order valence-electron chi connectivity index (χ3n) is 5.56. The zero-order chi connectivity index (χ0) is 21.8. The minimum Gasteiger partial charge on any atom is -0.493 e. The van der Waals surface area contributed by atoms with E-state index in [-0.39, 0.29) is 5.91 Å². The van der Waals surface area contributed by atoms with Gasteiger partial charge in [0.15, 0.2) is 11.5 Å². The molecule has 2 aromatic carbocycles. The number of rotatable bonds is 8. The minimum atomic E-state index is 0.0710. The van der Waals surface area contributed by atoms with E-state index in [0.717, 1.165) is 22.1 Å². The lowest BCUT2D eigenvalue weighted by molar-refractivity contribution is -0.130. The highest BCUT2D eigenvalue weighted by molar-refractivity contribution is 5.88. The van der Waals surface area contributed by atoms with Crippen molar-refractivity contribution >= 4 is 16.9 Å². The average Bonchev–Trinajstić information content (AvgIpc) is 3.12. The number of hydrogen-bond acceptors (Lipinski definition) is 4. The topological polar surface area (TPSA) is 51.9 Å². The summed E-state index contributed by atoms with van der Waals surface area (Å²) < 4.78 is 16.4. The molecule has 0 radical (unpaired) electrons. The first kappa shape index (κ1) is 21.8. The number of carbonyl (C=O) groups excluding carboxylic acids is 1. The zero-order valence-corrected chi connectivity index (χ0v) is 18.7. The molecule has 5 heteroatoms. The van der Waals surface area contributed by atoms with Crippen molar-refractivity contribution < 1.29 is 18.7 Å². The Hall–Kier alpha value is -2.95. The van der Waals surface area contributed by atoms with Crippen LogP contribution >= 0.6 is 0 Å². The molecule has 0 aliphatic rings. The Balaban J connectivity index is 1.81. The molecule has 5 nitrogen and oxygen atoms in total. The molecule has 0 N–H and O–H groups in total. The molecule has 1 heterocycles. The first-order valence-electron chi connectivity index (χ1n) is 10.4. The van der Waals surface area contributed by atoms with Crippen LogP contribution in [0.2, 0.25) is 0 Å². The molecule has 0 bridgehead atoms. The van der Waals surface area contributed by atoms with Crippen LogP contribution in [0, 0.1) is 6.92 Å². The lowest BCUT2D eigenvalue weighted by Crippen LogP contribution is -2.31. The maximum Gasteiger partial charge on any atom is 0.227 e. The van der Waals surface area contributed by atoms with E-state index >= 15 is 0 Å². The number of benzene rings is 2. The Bertz CT molecular complexity index is 1040. The molecule has 160 valence electrons. The molecule has 3 aromatic rings. The van der Waals surface area contributed by atoms with Crippen molar-refractivity contribution in [3.63, 3.8) is 0 Å². The summed E-state index contributed by atoms with van der Waals surface area (Å²) in [6.07, 6.45) is 2.03. The van der Waals surface area contributed by atoms with E-state index < -0.39 is 0 Å². The SMILES string of the molecule is CCN(Cc1ccc(OC)c(OC)c1)C(=O)Cc1coc2cc(C)c(C(C)C)cc12. The van der Waals surface area contributed by atoms with E-state index in [1.54, 1.807) is 20.5 Å².